The highest BCUT2D eigenvalue weighted by Gasteiger charge is 2.33. The molecule has 0 saturated heterocycles. The number of halogens is 3. The standard InChI is InChI=1S/C24H35F3O/c1-3-5-16-6-8-17(9-7-16)18-10-12-19(13-11-18)20-14-15-21(28-4-2)22(23(20)25)24(26)27/h14-19,24H,3-13H2,1-2H3. The quantitative estimate of drug-likeness (QED) is 0.453. The zero-order chi connectivity index (χ0) is 20.1. The van der Waals surface area contributed by atoms with E-state index in [2.05, 4.69) is 6.92 Å². The van der Waals surface area contributed by atoms with Crippen molar-refractivity contribution in [2.24, 2.45) is 17.8 Å². The first kappa shape index (κ1) is 21.5. The highest BCUT2D eigenvalue weighted by molar-refractivity contribution is 5.41. The van der Waals surface area contributed by atoms with Crippen molar-refractivity contribution in [2.75, 3.05) is 6.61 Å². The topological polar surface area (TPSA) is 9.23 Å². The molecule has 0 heterocycles. The van der Waals surface area contributed by atoms with Crippen LogP contribution in [0.5, 0.6) is 5.75 Å². The molecular formula is C24H35F3O. The summed E-state index contributed by atoms with van der Waals surface area (Å²) < 4.78 is 47.0. The SMILES string of the molecule is CCCC1CCC(C2CCC(c3ccc(OCC)c(C(F)F)c3F)CC2)CC1. The van der Waals surface area contributed by atoms with Crippen molar-refractivity contribution in [1.82, 2.24) is 0 Å². The molecule has 0 bridgehead atoms. The van der Waals surface area contributed by atoms with Crippen molar-refractivity contribution in [3.05, 3.63) is 29.1 Å². The molecule has 3 rings (SSSR count). The molecule has 0 amide bonds. The lowest BCUT2D eigenvalue weighted by Gasteiger charge is -2.38. The largest absolute Gasteiger partial charge is 0.493 e. The van der Waals surface area contributed by atoms with Gasteiger partial charge in [-0.3, -0.25) is 0 Å². The highest BCUT2D eigenvalue weighted by atomic mass is 19.3. The van der Waals surface area contributed by atoms with Crippen LogP contribution in [0.2, 0.25) is 0 Å². The van der Waals surface area contributed by atoms with E-state index in [-0.39, 0.29) is 18.3 Å². The Hall–Kier alpha value is -1.19. The second kappa shape index (κ2) is 10.0. The van der Waals surface area contributed by atoms with Gasteiger partial charge in [0, 0.05) is 0 Å². The van der Waals surface area contributed by atoms with Crippen molar-refractivity contribution in [2.45, 2.75) is 90.4 Å². The average Bonchev–Trinajstić information content (AvgIpc) is 2.69. The predicted molar refractivity (Wildman–Crippen MR) is 108 cm³/mol. The fourth-order valence-corrected chi connectivity index (χ4v) is 5.65. The fourth-order valence-electron chi connectivity index (χ4n) is 5.65. The van der Waals surface area contributed by atoms with E-state index in [4.69, 9.17) is 4.74 Å². The molecule has 0 radical (unpaired) electrons. The van der Waals surface area contributed by atoms with Gasteiger partial charge in [0.15, 0.2) is 0 Å². The molecule has 2 aliphatic carbocycles. The van der Waals surface area contributed by atoms with Gasteiger partial charge in [0.2, 0.25) is 0 Å². The minimum absolute atomic E-state index is 0.0173. The zero-order valence-electron chi connectivity index (χ0n) is 17.4. The lowest BCUT2D eigenvalue weighted by molar-refractivity contribution is 0.138. The summed E-state index contributed by atoms with van der Waals surface area (Å²) in [5.41, 5.74) is -0.0976. The van der Waals surface area contributed by atoms with Crippen LogP contribution in [0.15, 0.2) is 12.1 Å². The second-order valence-electron chi connectivity index (χ2n) is 8.80. The van der Waals surface area contributed by atoms with Crippen molar-refractivity contribution < 1.29 is 17.9 Å². The van der Waals surface area contributed by atoms with Crippen LogP contribution in [0.4, 0.5) is 13.2 Å². The van der Waals surface area contributed by atoms with Gasteiger partial charge in [-0.05, 0) is 80.8 Å². The van der Waals surface area contributed by atoms with Gasteiger partial charge in [-0.2, -0.15) is 0 Å². The Morgan fingerprint density at radius 1 is 0.929 bits per heavy atom. The molecule has 2 aliphatic rings. The number of rotatable bonds is 7. The third-order valence-corrected chi connectivity index (χ3v) is 7.15. The lowest BCUT2D eigenvalue weighted by Crippen LogP contribution is -2.25. The van der Waals surface area contributed by atoms with Crippen LogP contribution in [0.25, 0.3) is 0 Å². The Morgan fingerprint density at radius 3 is 2.07 bits per heavy atom. The first-order valence-corrected chi connectivity index (χ1v) is 11.3. The average molecular weight is 397 g/mol. The molecule has 4 heteroatoms. The Morgan fingerprint density at radius 2 is 1.54 bits per heavy atom. The summed E-state index contributed by atoms with van der Waals surface area (Å²) in [5, 5.41) is 0. The van der Waals surface area contributed by atoms with E-state index in [9.17, 15) is 13.2 Å². The summed E-state index contributed by atoms with van der Waals surface area (Å²) in [6, 6.07) is 3.21. The van der Waals surface area contributed by atoms with Crippen molar-refractivity contribution in [3.63, 3.8) is 0 Å². The first-order valence-electron chi connectivity index (χ1n) is 11.3. The van der Waals surface area contributed by atoms with Gasteiger partial charge in [-0.25, -0.2) is 13.2 Å². The van der Waals surface area contributed by atoms with Gasteiger partial charge in [0.1, 0.15) is 11.6 Å². The molecule has 2 saturated carbocycles. The Kier molecular flexibility index (Phi) is 7.70. The summed E-state index contributed by atoms with van der Waals surface area (Å²) in [6.45, 7) is 4.25. The monoisotopic (exact) mass is 396 g/mol. The maximum Gasteiger partial charge on any atom is 0.270 e. The molecule has 2 fully saturated rings. The molecule has 1 nitrogen and oxygen atoms in total. The smallest absolute Gasteiger partial charge is 0.270 e. The van der Waals surface area contributed by atoms with Crippen LogP contribution in [0.3, 0.4) is 0 Å². The van der Waals surface area contributed by atoms with Crippen molar-refractivity contribution >= 4 is 0 Å². The summed E-state index contributed by atoms with van der Waals surface area (Å²) in [7, 11) is 0. The number of benzene rings is 1. The van der Waals surface area contributed by atoms with E-state index in [1.165, 1.54) is 44.6 Å². The van der Waals surface area contributed by atoms with Gasteiger partial charge in [-0.15, -0.1) is 0 Å². The second-order valence-corrected chi connectivity index (χ2v) is 8.80. The summed E-state index contributed by atoms with van der Waals surface area (Å²) in [4.78, 5) is 0. The third kappa shape index (κ3) is 4.86. The van der Waals surface area contributed by atoms with Gasteiger partial charge in [0.05, 0.1) is 12.2 Å². The number of alkyl halides is 2. The van der Waals surface area contributed by atoms with E-state index in [0.29, 0.717) is 5.56 Å². The third-order valence-electron chi connectivity index (χ3n) is 7.15. The highest BCUT2D eigenvalue weighted by Crippen LogP contribution is 2.46. The molecular weight excluding hydrogens is 361 g/mol. The van der Waals surface area contributed by atoms with Gasteiger partial charge < -0.3 is 4.74 Å². The molecule has 0 aromatic heterocycles. The fraction of sp³-hybridized carbons (Fsp3) is 0.750. The van der Waals surface area contributed by atoms with Crippen LogP contribution in [0.1, 0.15) is 102 Å². The molecule has 0 unspecified atom stereocenters. The maximum atomic E-state index is 14.9. The van der Waals surface area contributed by atoms with Gasteiger partial charge >= 0.3 is 0 Å². The predicted octanol–water partition coefficient (Wildman–Crippen LogP) is 8.04. The molecule has 0 spiro atoms. The summed E-state index contributed by atoms with van der Waals surface area (Å²) >= 11 is 0. The first-order chi connectivity index (χ1) is 13.5. The molecule has 1 aromatic carbocycles. The normalized spacial score (nSPS) is 28.5. The number of ether oxygens (including phenoxy) is 1. The molecule has 1 aromatic rings. The van der Waals surface area contributed by atoms with Crippen LogP contribution >= 0.6 is 0 Å². The van der Waals surface area contributed by atoms with E-state index in [0.717, 1.165) is 43.4 Å². The van der Waals surface area contributed by atoms with Crippen LogP contribution in [-0.4, -0.2) is 6.61 Å². The van der Waals surface area contributed by atoms with Crippen molar-refractivity contribution in [3.8, 4) is 5.75 Å². The zero-order valence-corrected chi connectivity index (χ0v) is 17.4. The van der Waals surface area contributed by atoms with Crippen LogP contribution in [0, 0.1) is 23.6 Å². The number of hydrogen-bond acceptors (Lipinski definition) is 1. The maximum absolute atomic E-state index is 14.9. The minimum Gasteiger partial charge on any atom is -0.493 e. The number of hydrogen-bond donors (Lipinski definition) is 0. The minimum atomic E-state index is -2.85. The molecule has 28 heavy (non-hydrogen) atoms. The molecule has 0 atom stereocenters. The Bertz CT molecular complexity index is 615. The van der Waals surface area contributed by atoms with E-state index in [1.807, 2.05) is 0 Å². The van der Waals surface area contributed by atoms with Crippen molar-refractivity contribution in [1.29, 1.82) is 0 Å². The van der Waals surface area contributed by atoms with E-state index in [1.54, 1.807) is 13.0 Å². The van der Waals surface area contributed by atoms with Gasteiger partial charge in [-0.1, -0.05) is 38.7 Å². The van der Waals surface area contributed by atoms with E-state index < -0.39 is 17.8 Å². The van der Waals surface area contributed by atoms with Crippen LogP contribution < -0.4 is 4.74 Å². The Balaban J connectivity index is 1.61. The summed E-state index contributed by atoms with van der Waals surface area (Å²) in [6.07, 6.45) is 9.23. The molecule has 0 N–H and O–H groups in total. The molecule has 158 valence electrons. The van der Waals surface area contributed by atoms with E-state index >= 15 is 0 Å². The summed E-state index contributed by atoms with van der Waals surface area (Å²) in [5.74, 6) is 1.76. The Labute approximate surface area is 168 Å². The van der Waals surface area contributed by atoms with Gasteiger partial charge in [0.25, 0.3) is 6.43 Å². The van der Waals surface area contributed by atoms with Crippen LogP contribution in [-0.2, 0) is 0 Å². The lowest BCUT2D eigenvalue weighted by atomic mass is 9.68. The molecule has 0 aliphatic heterocycles.